The molecule has 0 spiro atoms. The van der Waals surface area contributed by atoms with Gasteiger partial charge in [-0.05, 0) is 18.9 Å². The van der Waals surface area contributed by atoms with Crippen molar-refractivity contribution >= 4 is 5.91 Å². The quantitative estimate of drug-likeness (QED) is 0.828. The van der Waals surface area contributed by atoms with Gasteiger partial charge in [-0.25, -0.2) is 5.10 Å². The van der Waals surface area contributed by atoms with E-state index in [0.717, 1.165) is 25.7 Å². The molecular weight excluding hydrogens is 244 g/mol. The summed E-state index contributed by atoms with van der Waals surface area (Å²) in [6.45, 7) is 0.968. The van der Waals surface area contributed by atoms with Crippen molar-refractivity contribution in [3.8, 4) is 0 Å². The summed E-state index contributed by atoms with van der Waals surface area (Å²) in [5, 5.41) is 6.10. The Hall–Kier alpha value is -1.69. The molecule has 19 heavy (non-hydrogen) atoms. The van der Waals surface area contributed by atoms with E-state index in [0.29, 0.717) is 13.1 Å². The molecule has 1 aromatic heterocycles. The molecule has 1 fully saturated rings. The molecule has 1 saturated carbocycles. The normalized spacial score (nSPS) is 16.3. The molecule has 0 saturated heterocycles. The summed E-state index contributed by atoms with van der Waals surface area (Å²) in [6, 6.07) is 3.04. The number of rotatable bonds is 4. The highest BCUT2D eigenvalue weighted by Crippen LogP contribution is 2.23. The predicted molar refractivity (Wildman–Crippen MR) is 71.8 cm³/mol. The van der Waals surface area contributed by atoms with Gasteiger partial charge in [0, 0.05) is 25.2 Å². The number of aromatic nitrogens is 2. The highest BCUT2D eigenvalue weighted by molar-refractivity contribution is 5.92. The molecule has 0 atom stereocenters. The molecule has 1 aliphatic carbocycles. The van der Waals surface area contributed by atoms with Crippen LogP contribution in [0.15, 0.2) is 16.9 Å². The van der Waals surface area contributed by atoms with Crippen LogP contribution in [0.1, 0.15) is 42.6 Å². The second-order valence-electron chi connectivity index (χ2n) is 4.89. The maximum atomic E-state index is 12.4. The Labute approximate surface area is 112 Å². The molecule has 6 nitrogen and oxygen atoms in total. The van der Waals surface area contributed by atoms with Crippen molar-refractivity contribution in [1.29, 1.82) is 0 Å². The Balaban J connectivity index is 2.15. The van der Waals surface area contributed by atoms with Gasteiger partial charge < -0.3 is 10.6 Å². The van der Waals surface area contributed by atoms with Crippen molar-refractivity contribution in [2.45, 2.75) is 38.1 Å². The van der Waals surface area contributed by atoms with E-state index in [4.69, 9.17) is 5.73 Å². The van der Waals surface area contributed by atoms with Crippen LogP contribution in [-0.4, -0.2) is 40.1 Å². The Morgan fingerprint density at radius 1 is 1.37 bits per heavy atom. The number of amides is 1. The van der Waals surface area contributed by atoms with Gasteiger partial charge in [0.1, 0.15) is 5.69 Å². The van der Waals surface area contributed by atoms with Gasteiger partial charge in [0.15, 0.2) is 0 Å². The lowest BCUT2D eigenvalue weighted by Gasteiger charge is -2.33. The number of nitrogens with two attached hydrogens (primary N) is 1. The van der Waals surface area contributed by atoms with Gasteiger partial charge in [-0.15, -0.1) is 0 Å². The molecule has 104 valence electrons. The van der Waals surface area contributed by atoms with Crippen LogP contribution in [-0.2, 0) is 0 Å². The van der Waals surface area contributed by atoms with E-state index in [1.54, 1.807) is 4.90 Å². The van der Waals surface area contributed by atoms with Gasteiger partial charge in [-0.2, -0.15) is 5.10 Å². The van der Waals surface area contributed by atoms with Crippen LogP contribution in [0.2, 0.25) is 0 Å². The van der Waals surface area contributed by atoms with Crippen molar-refractivity contribution in [2.24, 2.45) is 5.73 Å². The predicted octanol–water partition coefficient (Wildman–Crippen LogP) is 0.503. The summed E-state index contributed by atoms with van der Waals surface area (Å²) in [7, 11) is 0. The Morgan fingerprint density at radius 2 is 2.11 bits per heavy atom. The third kappa shape index (κ3) is 3.41. The number of hydrogen-bond acceptors (Lipinski definition) is 4. The minimum Gasteiger partial charge on any atom is -0.333 e. The molecule has 1 aliphatic rings. The van der Waals surface area contributed by atoms with E-state index in [1.807, 2.05) is 0 Å². The zero-order chi connectivity index (χ0) is 13.7. The molecule has 1 amide bonds. The minimum atomic E-state index is -0.306. The standard InChI is InChI=1S/C13H20N4O2/c14-8-9-17(10-4-2-1-3-5-10)13(19)11-6-7-12(18)16-15-11/h6-7,10H,1-5,8-9,14H2,(H,16,18). The number of hydrogen-bond donors (Lipinski definition) is 2. The zero-order valence-electron chi connectivity index (χ0n) is 11.0. The van der Waals surface area contributed by atoms with E-state index >= 15 is 0 Å². The monoisotopic (exact) mass is 264 g/mol. The maximum absolute atomic E-state index is 12.4. The molecule has 3 N–H and O–H groups in total. The highest BCUT2D eigenvalue weighted by atomic mass is 16.2. The van der Waals surface area contributed by atoms with Crippen molar-refractivity contribution in [2.75, 3.05) is 13.1 Å². The number of aromatic amines is 1. The van der Waals surface area contributed by atoms with E-state index in [-0.39, 0.29) is 23.2 Å². The third-order valence-corrected chi connectivity index (χ3v) is 3.54. The highest BCUT2D eigenvalue weighted by Gasteiger charge is 2.26. The lowest BCUT2D eigenvalue weighted by Crippen LogP contribution is -2.44. The van der Waals surface area contributed by atoms with Crippen LogP contribution in [0.3, 0.4) is 0 Å². The SMILES string of the molecule is NCCN(C(=O)c1ccc(=O)[nH]n1)C1CCCCC1. The van der Waals surface area contributed by atoms with Crippen LogP contribution in [0.5, 0.6) is 0 Å². The fourth-order valence-corrected chi connectivity index (χ4v) is 2.59. The molecule has 0 aliphatic heterocycles. The number of nitrogens with zero attached hydrogens (tertiary/aromatic N) is 2. The van der Waals surface area contributed by atoms with Crippen LogP contribution >= 0.6 is 0 Å². The van der Waals surface area contributed by atoms with Crippen molar-refractivity contribution in [3.05, 3.63) is 28.2 Å². The number of H-pyrrole nitrogens is 1. The summed E-state index contributed by atoms with van der Waals surface area (Å²) in [6.07, 6.45) is 5.58. The molecule has 1 heterocycles. The van der Waals surface area contributed by atoms with Gasteiger partial charge in [-0.1, -0.05) is 19.3 Å². The molecule has 0 aromatic carbocycles. The van der Waals surface area contributed by atoms with E-state index < -0.39 is 0 Å². The fraction of sp³-hybridized carbons (Fsp3) is 0.615. The van der Waals surface area contributed by atoms with Gasteiger partial charge in [0.05, 0.1) is 0 Å². The largest absolute Gasteiger partial charge is 0.333 e. The summed E-state index contributed by atoms with van der Waals surface area (Å²) in [5.74, 6) is -0.145. The summed E-state index contributed by atoms with van der Waals surface area (Å²) in [5.41, 5.74) is 5.57. The number of carbonyl (C=O) groups is 1. The van der Waals surface area contributed by atoms with Gasteiger partial charge in [0.2, 0.25) is 0 Å². The van der Waals surface area contributed by atoms with Gasteiger partial charge in [0.25, 0.3) is 11.5 Å². The second kappa shape index (κ2) is 6.47. The van der Waals surface area contributed by atoms with Crippen molar-refractivity contribution < 1.29 is 4.79 Å². The average molecular weight is 264 g/mol. The van der Waals surface area contributed by atoms with Crippen molar-refractivity contribution in [1.82, 2.24) is 15.1 Å². The zero-order valence-corrected chi connectivity index (χ0v) is 11.0. The van der Waals surface area contributed by atoms with Gasteiger partial charge in [-0.3, -0.25) is 9.59 Å². The smallest absolute Gasteiger partial charge is 0.274 e. The van der Waals surface area contributed by atoms with Crippen LogP contribution < -0.4 is 11.3 Å². The fourth-order valence-electron chi connectivity index (χ4n) is 2.59. The molecule has 2 rings (SSSR count). The first-order chi connectivity index (χ1) is 9.22. The lowest BCUT2D eigenvalue weighted by molar-refractivity contribution is 0.0634. The summed E-state index contributed by atoms with van der Waals surface area (Å²) < 4.78 is 0. The molecule has 0 unspecified atom stereocenters. The summed E-state index contributed by atoms with van der Waals surface area (Å²) in [4.78, 5) is 25.2. The van der Waals surface area contributed by atoms with E-state index in [2.05, 4.69) is 10.2 Å². The van der Waals surface area contributed by atoms with E-state index in [1.165, 1.54) is 18.6 Å². The third-order valence-electron chi connectivity index (χ3n) is 3.54. The number of carbonyl (C=O) groups excluding carboxylic acids is 1. The molecule has 0 bridgehead atoms. The maximum Gasteiger partial charge on any atom is 0.274 e. The number of nitrogens with one attached hydrogen (secondary N) is 1. The van der Waals surface area contributed by atoms with Gasteiger partial charge >= 0.3 is 0 Å². The molecular formula is C13H20N4O2. The first kappa shape index (κ1) is 13.7. The Kier molecular flexibility index (Phi) is 4.68. The minimum absolute atomic E-state index is 0.145. The Morgan fingerprint density at radius 3 is 2.68 bits per heavy atom. The van der Waals surface area contributed by atoms with Crippen LogP contribution in [0.4, 0.5) is 0 Å². The topological polar surface area (TPSA) is 92.1 Å². The molecule has 1 aromatic rings. The van der Waals surface area contributed by atoms with Crippen molar-refractivity contribution in [3.63, 3.8) is 0 Å². The average Bonchev–Trinajstić information content (AvgIpc) is 2.46. The Bertz CT molecular complexity index is 459. The first-order valence-corrected chi connectivity index (χ1v) is 6.79. The van der Waals surface area contributed by atoms with Crippen LogP contribution in [0, 0.1) is 0 Å². The van der Waals surface area contributed by atoms with Crippen LogP contribution in [0.25, 0.3) is 0 Å². The molecule has 0 radical (unpaired) electrons. The first-order valence-electron chi connectivity index (χ1n) is 6.79. The second-order valence-corrected chi connectivity index (χ2v) is 4.89. The lowest BCUT2D eigenvalue weighted by atomic mass is 9.94. The van der Waals surface area contributed by atoms with E-state index in [9.17, 15) is 9.59 Å². The molecule has 6 heteroatoms. The summed E-state index contributed by atoms with van der Waals surface area (Å²) >= 11 is 0.